The molecule has 0 atom stereocenters. The zero-order valence-electron chi connectivity index (χ0n) is 15.6. The molecule has 0 fully saturated rings. The number of hydrogen-bond acceptors (Lipinski definition) is 8. The van der Waals surface area contributed by atoms with Gasteiger partial charge < -0.3 is 13.9 Å². The van der Waals surface area contributed by atoms with Crippen LogP contribution in [0.2, 0.25) is 0 Å². The van der Waals surface area contributed by atoms with Gasteiger partial charge in [0.2, 0.25) is 5.89 Å². The summed E-state index contributed by atoms with van der Waals surface area (Å²) in [5, 5.41) is 11.3. The number of thiazole rings is 1. The first-order valence-electron chi connectivity index (χ1n) is 8.71. The van der Waals surface area contributed by atoms with Crippen LogP contribution in [0.3, 0.4) is 0 Å². The fourth-order valence-corrected chi connectivity index (χ4v) is 4.23. The van der Waals surface area contributed by atoms with E-state index in [1.54, 1.807) is 19.2 Å². The van der Waals surface area contributed by atoms with Crippen molar-refractivity contribution >= 4 is 23.1 Å². The van der Waals surface area contributed by atoms with E-state index >= 15 is 0 Å². The van der Waals surface area contributed by atoms with E-state index in [-0.39, 0.29) is 5.75 Å². The second kappa shape index (κ2) is 9.23. The third kappa shape index (κ3) is 4.77. The van der Waals surface area contributed by atoms with Crippen LogP contribution in [0.25, 0.3) is 22.0 Å². The van der Waals surface area contributed by atoms with Crippen molar-refractivity contribution < 1.29 is 22.7 Å². The maximum atomic E-state index is 12.2. The molecule has 6 nitrogen and oxygen atoms in total. The normalized spacial score (nSPS) is 11.1. The number of methoxy groups -OCH3 is 1. The van der Waals surface area contributed by atoms with Crippen LogP contribution in [0.15, 0.2) is 63.6 Å². The van der Waals surface area contributed by atoms with Crippen molar-refractivity contribution in [3.8, 4) is 33.5 Å². The quantitative estimate of drug-likeness (QED) is 0.318. The van der Waals surface area contributed by atoms with Crippen molar-refractivity contribution in [3.05, 3.63) is 59.6 Å². The molecule has 0 unspecified atom stereocenters. The van der Waals surface area contributed by atoms with Crippen LogP contribution in [-0.4, -0.2) is 28.9 Å². The minimum atomic E-state index is -2.86. The predicted molar refractivity (Wildman–Crippen MR) is 110 cm³/mol. The molecule has 10 heteroatoms. The lowest BCUT2D eigenvalue weighted by molar-refractivity contribution is -0.0498. The molecule has 0 saturated carbocycles. The van der Waals surface area contributed by atoms with Gasteiger partial charge in [-0.25, -0.2) is 4.98 Å². The van der Waals surface area contributed by atoms with E-state index in [1.165, 1.54) is 35.2 Å². The van der Waals surface area contributed by atoms with Gasteiger partial charge in [-0.05, 0) is 36.4 Å². The highest BCUT2D eigenvalue weighted by Crippen LogP contribution is 2.33. The molecule has 0 radical (unpaired) electrons. The van der Waals surface area contributed by atoms with Crippen molar-refractivity contribution in [1.82, 2.24) is 15.2 Å². The minimum Gasteiger partial charge on any atom is -0.496 e. The predicted octanol–water partition coefficient (Wildman–Crippen LogP) is 5.76. The first-order chi connectivity index (χ1) is 14.6. The standard InChI is InChI=1S/C20H15F2N3O3S2/c1-26-16-5-3-2-4-15(16)18-23-13(10-29-18)11-30-20-25-24-17(28-20)12-6-8-14(9-7-12)27-19(21)22/h2-10,19H,11H2,1H3. The van der Waals surface area contributed by atoms with Gasteiger partial charge in [-0.3, -0.25) is 0 Å². The van der Waals surface area contributed by atoms with Crippen LogP contribution >= 0.6 is 23.1 Å². The Labute approximate surface area is 178 Å². The molecule has 2 aromatic carbocycles. The largest absolute Gasteiger partial charge is 0.496 e. The summed E-state index contributed by atoms with van der Waals surface area (Å²) in [7, 11) is 1.63. The van der Waals surface area contributed by atoms with Gasteiger partial charge in [-0.1, -0.05) is 23.9 Å². The molecule has 0 saturated heterocycles. The molecule has 0 amide bonds. The molecule has 30 heavy (non-hydrogen) atoms. The molecule has 4 rings (SSSR count). The number of halogens is 2. The van der Waals surface area contributed by atoms with Crippen molar-refractivity contribution in [2.45, 2.75) is 17.6 Å². The van der Waals surface area contributed by atoms with Gasteiger partial charge in [0.25, 0.3) is 5.22 Å². The van der Waals surface area contributed by atoms with Gasteiger partial charge in [0.1, 0.15) is 16.5 Å². The first-order valence-corrected chi connectivity index (χ1v) is 10.6. The molecule has 4 aromatic rings. The van der Waals surface area contributed by atoms with Gasteiger partial charge in [0.05, 0.1) is 18.4 Å². The topological polar surface area (TPSA) is 70.3 Å². The number of aromatic nitrogens is 3. The summed E-state index contributed by atoms with van der Waals surface area (Å²) >= 11 is 2.91. The highest BCUT2D eigenvalue weighted by molar-refractivity contribution is 7.98. The summed E-state index contributed by atoms with van der Waals surface area (Å²) in [6.45, 7) is -2.86. The van der Waals surface area contributed by atoms with Crippen molar-refractivity contribution in [2.75, 3.05) is 7.11 Å². The van der Waals surface area contributed by atoms with Crippen molar-refractivity contribution in [2.24, 2.45) is 0 Å². The summed E-state index contributed by atoms with van der Waals surface area (Å²) in [4.78, 5) is 4.66. The Bertz CT molecular complexity index is 1120. The van der Waals surface area contributed by atoms with E-state index in [0.29, 0.717) is 22.4 Å². The molecular formula is C20H15F2N3O3S2. The number of rotatable bonds is 8. The Balaban J connectivity index is 1.40. The van der Waals surface area contributed by atoms with Crippen molar-refractivity contribution in [3.63, 3.8) is 0 Å². The molecule has 2 aromatic heterocycles. The van der Waals surface area contributed by atoms with Gasteiger partial charge >= 0.3 is 6.61 Å². The number of benzene rings is 2. The Hall–Kier alpha value is -2.98. The lowest BCUT2D eigenvalue weighted by Gasteiger charge is -2.04. The fourth-order valence-electron chi connectivity index (χ4n) is 2.62. The van der Waals surface area contributed by atoms with Gasteiger partial charge in [-0.15, -0.1) is 21.5 Å². The number of nitrogens with zero attached hydrogens (tertiary/aromatic N) is 3. The zero-order valence-corrected chi connectivity index (χ0v) is 17.3. The monoisotopic (exact) mass is 447 g/mol. The first kappa shape index (κ1) is 20.3. The maximum absolute atomic E-state index is 12.2. The number of hydrogen-bond donors (Lipinski definition) is 0. The average molecular weight is 447 g/mol. The maximum Gasteiger partial charge on any atom is 0.387 e. The molecule has 0 aliphatic rings. The van der Waals surface area contributed by atoms with Gasteiger partial charge in [-0.2, -0.15) is 8.78 Å². The summed E-state index contributed by atoms with van der Waals surface area (Å²) in [5.74, 6) is 1.71. The highest BCUT2D eigenvalue weighted by atomic mass is 32.2. The van der Waals surface area contributed by atoms with Crippen molar-refractivity contribution in [1.29, 1.82) is 0 Å². The summed E-state index contributed by atoms with van der Waals surface area (Å²) < 4.78 is 39.8. The number of alkyl halides is 2. The molecule has 0 spiro atoms. The van der Waals surface area contributed by atoms with Crippen LogP contribution in [0, 0.1) is 0 Å². The van der Waals surface area contributed by atoms with Crippen LogP contribution in [0.4, 0.5) is 8.78 Å². The Morgan fingerprint density at radius 1 is 1.10 bits per heavy atom. The second-order valence-electron chi connectivity index (χ2n) is 5.91. The number of thioether (sulfide) groups is 1. The summed E-state index contributed by atoms with van der Waals surface area (Å²) in [6, 6.07) is 13.7. The Morgan fingerprint density at radius 2 is 1.90 bits per heavy atom. The molecule has 2 heterocycles. The highest BCUT2D eigenvalue weighted by Gasteiger charge is 2.13. The SMILES string of the molecule is COc1ccccc1-c1nc(CSc2nnc(-c3ccc(OC(F)F)cc3)o2)cs1. The average Bonchev–Trinajstić information content (AvgIpc) is 3.42. The van der Waals surface area contributed by atoms with E-state index in [4.69, 9.17) is 9.15 Å². The van der Waals surface area contributed by atoms with E-state index in [1.807, 2.05) is 29.6 Å². The minimum absolute atomic E-state index is 0.0669. The van der Waals surface area contributed by atoms with Crippen LogP contribution < -0.4 is 9.47 Å². The molecule has 0 bridgehead atoms. The van der Waals surface area contributed by atoms with Crippen LogP contribution in [-0.2, 0) is 5.75 Å². The van der Waals surface area contributed by atoms with Crippen LogP contribution in [0.5, 0.6) is 11.5 Å². The van der Waals surface area contributed by atoms with E-state index < -0.39 is 6.61 Å². The second-order valence-corrected chi connectivity index (χ2v) is 7.69. The third-order valence-electron chi connectivity index (χ3n) is 3.97. The lowest BCUT2D eigenvalue weighted by Crippen LogP contribution is -2.01. The third-order valence-corrected chi connectivity index (χ3v) is 5.74. The number of ether oxygens (including phenoxy) is 2. The molecule has 0 aliphatic carbocycles. The van der Waals surface area contributed by atoms with E-state index in [9.17, 15) is 8.78 Å². The smallest absolute Gasteiger partial charge is 0.387 e. The van der Waals surface area contributed by atoms with E-state index in [0.717, 1.165) is 22.0 Å². The van der Waals surface area contributed by atoms with Gasteiger partial charge in [0, 0.05) is 16.7 Å². The Kier molecular flexibility index (Phi) is 6.24. The van der Waals surface area contributed by atoms with E-state index in [2.05, 4.69) is 19.9 Å². The molecular weight excluding hydrogens is 432 g/mol. The fraction of sp³-hybridized carbons (Fsp3) is 0.150. The summed E-state index contributed by atoms with van der Waals surface area (Å²) in [6.07, 6.45) is 0. The number of para-hydroxylation sites is 1. The lowest BCUT2D eigenvalue weighted by atomic mass is 10.2. The molecule has 154 valence electrons. The molecule has 0 N–H and O–H groups in total. The van der Waals surface area contributed by atoms with Crippen LogP contribution in [0.1, 0.15) is 5.69 Å². The van der Waals surface area contributed by atoms with Gasteiger partial charge in [0.15, 0.2) is 0 Å². The Morgan fingerprint density at radius 3 is 2.67 bits per heavy atom. The zero-order chi connectivity index (χ0) is 20.9. The molecule has 0 aliphatic heterocycles. The summed E-state index contributed by atoms with van der Waals surface area (Å²) in [5.41, 5.74) is 2.45.